The van der Waals surface area contributed by atoms with Crippen LogP contribution in [0.2, 0.25) is 5.02 Å². The fraction of sp³-hybridized carbons (Fsp3) is 0.639. The lowest BCUT2D eigenvalue weighted by atomic mass is 9.81. The number of benzene rings is 2. The lowest BCUT2D eigenvalue weighted by Gasteiger charge is -2.50. The molecular weight excluding hydrogens is 594 g/mol. The van der Waals surface area contributed by atoms with Gasteiger partial charge < -0.3 is 33.3 Å². The molecular formula is C36H52ClNO7. The molecule has 0 spiro atoms. The number of carbonyl (C=O) groups is 1. The van der Waals surface area contributed by atoms with Crippen molar-refractivity contribution in [2.24, 2.45) is 0 Å². The fourth-order valence-electron chi connectivity index (χ4n) is 6.08. The standard InChI is InChI=1S/C36H52ClNO7/c1-7-11-20-41-31-32(42-21-12-8-2)35(34(39)38(5)6)25-44-36(45-35,33(31)43-22-13-9-3)28-16-19-30(37)27(24-28)23-26-14-17-29(18-15-26)40-10-4/h14-19,24,31-33H,7-13,20-23,25H2,1-6H3/t31-,32-,33+,35-,36-/m0/s1. The minimum atomic E-state index is -1.41. The third-order valence-electron chi connectivity index (χ3n) is 8.51. The molecule has 2 fully saturated rings. The molecule has 2 saturated heterocycles. The van der Waals surface area contributed by atoms with Crippen molar-refractivity contribution in [3.63, 3.8) is 0 Å². The van der Waals surface area contributed by atoms with E-state index >= 15 is 0 Å². The molecule has 2 bridgehead atoms. The normalized spacial score (nSPS) is 25.8. The molecule has 0 aromatic heterocycles. The van der Waals surface area contributed by atoms with Crippen molar-refractivity contribution in [3.05, 3.63) is 64.2 Å². The molecule has 8 nitrogen and oxygen atoms in total. The van der Waals surface area contributed by atoms with Crippen molar-refractivity contribution in [1.82, 2.24) is 4.90 Å². The smallest absolute Gasteiger partial charge is 0.259 e. The van der Waals surface area contributed by atoms with Gasteiger partial charge in [0.25, 0.3) is 5.91 Å². The van der Waals surface area contributed by atoms with Gasteiger partial charge in [0.1, 0.15) is 24.1 Å². The van der Waals surface area contributed by atoms with Crippen molar-refractivity contribution in [2.45, 2.75) is 102 Å². The molecule has 9 heteroatoms. The van der Waals surface area contributed by atoms with Gasteiger partial charge in [0.2, 0.25) is 11.4 Å². The number of unbranched alkanes of at least 4 members (excludes halogenated alkanes) is 3. The summed E-state index contributed by atoms with van der Waals surface area (Å²) in [6, 6.07) is 13.8. The van der Waals surface area contributed by atoms with Crippen LogP contribution in [0.25, 0.3) is 0 Å². The summed E-state index contributed by atoms with van der Waals surface area (Å²) in [5.41, 5.74) is 1.32. The summed E-state index contributed by atoms with van der Waals surface area (Å²) in [4.78, 5) is 15.6. The summed E-state index contributed by atoms with van der Waals surface area (Å²) in [6.45, 7) is 10.4. The molecule has 0 saturated carbocycles. The molecule has 0 aliphatic carbocycles. The van der Waals surface area contributed by atoms with Crippen LogP contribution in [-0.2, 0) is 40.7 Å². The van der Waals surface area contributed by atoms with Crippen LogP contribution in [0.3, 0.4) is 0 Å². The number of carbonyl (C=O) groups excluding carboxylic acids is 1. The SMILES string of the molecule is CCCCO[C@@H]1[C@@H](OCCCC)[C@@]2(c3ccc(Cl)c(Cc4ccc(OCC)cc4)c3)OC[C@](C(=O)N(C)C)(O2)[C@H]1OCCCC. The topological polar surface area (TPSA) is 75.7 Å². The molecule has 250 valence electrons. The first-order chi connectivity index (χ1) is 21.8. The Labute approximate surface area is 274 Å². The van der Waals surface area contributed by atoms with Gasteiger partial charge in [-0.3, -0.25) is 4.79 Å². The van der Waals surface area contributed by atoms with E-state index in [4.69, 9.17) is 40.0 Å². The summed E-state index contributed by atoms with van der Waals surface area (Å²) in [7, 11) is 3.47. The zero-order valence-corrected chi connectivity index (χ0v) is 28.7. The molecule has 2 aliphatic rings. The van der Waals surface area contributed by atoms with Crippen molar-refractivity contribution >= 4 is 17.5 Å². The quantitative estimate of drug-likeness (QED) is 0.163. The van der Waals surface area contributed by atoms with Crippen LogP contribution in [0.4, 0.5) is 0 Å². The Morgan fingerprint density at radius 2 is 1.51 bits per heavy atom. The summed E-state index contributed by atoms with van der Waals surface area (Å²) in [5.74, 6) is -0.793. The van der Waals surface area contributed by atoms with Gasteiger partial charge in [-0.05, 0) is 68.0 Å². The van der Waals surface area contributed by atoms with Crippen LogP contribution < -0.4 is 4.74 Å². The second-order valence-corrected chi connectivity index (χ2v) is 12.6. The Hall–Kier alpha value is -2.20. The van der Waals surface area contributed by atoms with E-state index in [-0.39, 0.29) is 12.5 Å². The van der Waals surface area contributed by atoms with Gasteiger partial charge in [0, 0.05) is 44.5 Å². The molecule has 2 aliphatic heterocycles. The largest absolute Gasteiger partial charge is 0.494 e. The predicted octanol–water partition coefficient (Wildman–Crippen LogP) is 6.93. The number of nitrogens with zero attached hydrogens (tertiary/aromatic N) is 1. The van der Waals surface area contributed by atoms with Gasteiger partial charge in [0.05, 0.1) is 13.2 Å². The number of hydrogen-bond acceptors (Lipinski definition) is 7. The van der Waals surface area contributed by atoms with Crippen LogP contribution >= 0.6 is 11.6 Å². The molecule has 4 rings (SSSR count). The zero-order chi connectivity index (χ0) is 32.5. The second-order valence-electron chi connectivity index (χ2n) is 12.2. The lowest BCUT2D eigenvalue weighted by molar-refractivity contribution is -0.340. The lowest BCUT2D eigenvalue weighted by Crippen LogP contribution is -2.70. The van der Waals surface area contributed by atoms with Crippen molar-refractivity contribution < 1.29 is 33.2 Å². The maximum absolute atomic E-state index is 14.1. The van der Waals surface area contributed by atoms with Gasteiger partial charge in [-0.2, -0.15) is 0 Å². The van der Waals surface area contributed by atoms with Gasteiger partial charge in [-0.15, -0.1) is 0 Å². The molecule has 0 radical (unpaired) electrons. The maximum Gasteiger partial charge on any atom is 0.259 e. The Kier molecular flexibility index (Phi) is 13.1. The van der Waals surface area contributed by atoms with Crippen LogP contribution in [0.15, 0.2) is 42.5 Å². The van der Waals surface area contributed by atoms with E-state index in [1.165, 1.54) is 0 Å². The third-order valence-corrected chi connectivity index (χ3v) is 8.88. The highest BCUT2D eigenvalue weighted by Gasteiger charge is 2.72. The van der Waals surface area contributed by atoms with E-state index in [0.29, 0.717) is 37.9 Å². The molecule has 0 N–H and O–H groups in total. The van der Waals surface area contributed by atoms with Crippen molar-refractivity contribution in [1.29, 1.82) is 0 Å². The molecule has 0 unspecified atom stereocenters. The van der Waals surface area contributed by atoms with Gasteiger partial charge >= 0.3 is 0 Å². The van der Waals surface area contributed by atoms with Gasteiger partial charge in [-0.1, -0.05) is 69.8 Å². The van der Waals surface area contributed by atoms with Gasteiger partial charge in [-0.25, -0.2) is 0 Å². The molecule has 2 heterocycles. The van der Waals surface area contributed by atoms with E-state index in [1.54, 1.807) is 19.0 Å². The molecule has 5 atom stereocenters. The highest BCUT2D eigenvalue weighted by atomic mass is 35.5. The summed E-state index contributed by atoms with van der Waals surface area (Å²) in [5, 5.41) is 0.633. The summed E-state index contributed by atoms with van der Waals surface area (Å²) < 4.78 is 39.2. The fourth-order valence-corrected chi connectivity index (χ4v) is 6.26. The number of likely N-dealkylation sites (N-methyl/N-ethyl adjacent to an activating group) is 1. The first-order valence-electron chi connectivity index (χ1n) is 16.7. The first kappa shape index (κ1) is 35.7. The number of halogens is 1. The number of fused-ring (bicyclic) bond motifs is 2. The number of rotatable bonds is 18. The Morgan fingerprint density at radius 3 is 2.11 bits per heavy atom. The highest BCUT2D eigenvalue weighted by Crippen LogP contribution is 2.53. The summed E-state index contributed by atoms with van der Waals surface area (Å²) in [6.07, 6.45) is 4.08. The van der Waals surface area contributed by atoms with Crippen molar-refractivity contribution in [3.8, 4) is 5.75 Å². The average molecular weight is 646 g/mol. The van der Waals surface area contributed by atoms with Crippen LogP contribution in [0.1, 0.15) is 82.9 Å². The monoisotopic (exact) mass is 645 g/mol. The average Bonchev–Trinajstić information content (AvgIpc) is 3.40. The Balaban J connectivity index is 1.81. The minimum Gasteiger partial charge on any atom is -0.494 e. The molecule has 45 heavy (non-hydrogen) atoms. The van der Waals surface area contributed by atoms with Gasteiger partial charge in [0.15, 0.2) is 0 Å². The van der Waals surface area contributed by atoms with Crippen molar-refractivity contribution in [2.75, 3.05) is 47.1 Å². The Bertz CT molecular complexity index is 1220. The second kappa shape index (κ2) is 16.6. The van der Waals surface area contributed by atoms with E-state index in [1.807, 2.05) is 49.4 Å². The van der Waals surface area contributed by atoms with Crippen LogP contribution in [0, 0.1) is 0 Å². The summed E-state index contributed by atoms with van der Waals surface area (Å²) >= 11 is 6.79. The van der Waals surface area contributed by atoms with E-state index in [0.717, 1.165) is 61.0 Å². The van der Waals surface area contributed by atoms with E-state index in [2.05, 4.69) is 20.8 Å². The maximum atomic E-state index is 14.1. The van der Waals surface area contributed by atoms with E-state index in [9.17, 15) is 4.79 Å². The van der Waals surface area contributed by atoms with Crippen LogP contribution in [-0.4, -0.2) is 81.8 Å². The van der Waals surface area contributed by atoms with E-state index < -0.39 is 29.7 Å². The first-order valence-corrected chi connectivity index (χ1v) is 17.0. The third kappa shape index (κ3) is 7.86. The zero-order valence-electron chi connectivity index (χ0n) is 27.9. The predicted molar refractivity (Wildman–Crippen MR) is 176 cm³/mol. The number of ether oxygens (including phenoxy) is 6. The number of amides is 1. The molecule has 2 aromatic rings. The highest BCUT2D eigenvalue weighted by molar-refractivity contribution is 6.31. The molecule has 2 aromatic carbocycles. The number of hydrogen-bond donors (Lipinski definition) is 0. The Morgan fingerprint density at radius 1 is 0.889 bits per heavy atom. The minimum absolute atomic E-state index is 0.0128. The molecule has 1 amide bonds. The van der Waals surface area contributed by atoms with Crippen LogP contribution in [0.5, 0.6) is 5.75 Å².